The second-order valence-electron chi connectivity index (χ2n) is 6.00. The molecule has 0 aliphatic carbocycles. The molecule has 0 atom stereocenters. The first-order chi connectivity index (χ1) is 11.5. The Labute approximate surface area is 143 Å². The molecule has 5 nitrogen and oxygen atoms in total. The monoisotopic (exact) mass is 346 g/mol. The largest absolute Gasteiger partial charge is 0.379 e. The maximum Gasteiger partial charge on any atom is 0.261 e. The molecule has 0 bridgehead atoms. The molecule has 1 heterocycles. The molecule has 1 fully saturated rings. The highest BCUT2D eigenvalue weighted by molar-refractivity contribution is 7.92. The lowest BCUT2D eigenvalue weighted by Crippen LogP contribution is -2.35. The zero-order chi connectivity index (χ0) is 17.0. The number of aryl methyl sites for hydroxylation is 1. The smallest absolute Gasteiger partial charge is 0.261 e. The lowest BCUT2D eigenvalue weighted by atomic mass is 10.2. The first-order valence-electron chi connectivity index (χ1n) is 8.01. The highest BCUT2D eigenvalue weighted by atomic mass is 32.2. The number of hydrogen-bond acceptors (Lipinski definition) is 4. The minimum atomic E-state index is -3.55. The van der Waals surface area contributed by atoms with Gasteiger partial charge in [0.15, 0.2) is 0 Å². The number of nitrogens with one attached hydrogen (secondary N) is 1. The van der Waals surface area contributed by atoms with Crippen LogP contribution >= 0.6 is 0 Å². The third-order valence-electron chi connectivity index (χ3n) is 4.05. The molecular formula is C18H22N2O3S. The van der Waals surface area contributed by atoms with Crippen LogP contribution in [0.4, 0.5) is 5.69 Å². The van der Waals surface area contributed by atoms with Gasteiger partial charge in [-0.05, 0) is 36.8 Å². The van der Waals surface area contributed by atoms with Crippen LogP contribution in [0.3, 0.4) is 0 Å². The molecular weight excluding hydrogens is 324 g/mol. The van der Waals surface area contributed by atoms with Crippen LogP contribution in [-0.2, 0) is 21.3 Å². The molecule has 3 rings (SSSR count). The molecule has 1 aliphatic heterocycles. The van der Waals surface area contributed by atoms with Crippen LogP contribution < -0.4 is 4.72 Å². The maximum absolute atomic E-state index is 12.4. The number of sulfonamides is 1. The Morgan fingerprint density at radius 2 is 1.62 bits per heavy atom. The summed E-state index contributed by atoms with van der Waals surface area (Å²) in [5.41, 5.74) is 2.76. The van der Waals surface area contributed by atoms with E-state index in [1.165, 1.54) is 0 Å². The van der Waals surface area contributed by atoms with Crippen molar-refractivity contribution in [1.82, 2.24) is 4.90 Å². The van der Waals surface area contributed by atoms with Gasteiger partial charge in [-0.25, -0.2) is 8.42 Å². The summed E-state index contributed by atoms with van der Waals surface area (Å²) in [6.45, 7) is 6.19. The van der Waals surface area contributed by atoms with Crippen molar-refractivity contribution in [3.05, 3.63) is 59.7 Å². The van der Waals surface area contributed by atoms with Gasteiger partial charge in [-0.3, -0.25) is 9.62 Å². The number of anilines is 1. The standard InChI is InChI=1S/C18H22N2O3S/c1-15-2-8-18(9-3-15)24(21,22)19-17-6-4-16(5-7-17)14-20-10-12-23-13-11-20/h2-9,19H,10-14H2,1H3. The molecule has 24 heavy (non-hydrogen) atoms. The van der Waals surface area contributed by atoms with E-state index in [2.05, 4.69) is 9.62 Å². The van der Waals surface area contributed by atoms with E-state index in [-0.39, 0.29) is 4.90 Å². The second-order valence-corrected chi connectivity index (χ2v) is 7.69. The summed E-state index contributed by atoms with van der Waals surface area (Å²) >= 11 is 0. The van der Waals surface area contributed by atoms with Crippen molar-refractivity contribution in [2.75, 3.05) is 31.0 Å². The normalized spacial score (nSPS) is 16.0. The second kappa shape index (κ2) is 7.34. The van der Waals surface area contributed by atoms with Crippen molar-refractivity contribution >= 4 is 15.7 Å². The topological polar surface area (TPSA) is 58.6 Å². The van der Waals surface area contributed by atoms with Gasteiger partial charge in [0.25, 0.3) is 10.0 Å². The zero-order valence-corrected chi connectivity index (χ0v) is 14.6. The SMILES string of the molecule is Cc1ccc(S(=O)(=O)Nc2ccc(CN3CCOCC3)cc2)cc1. The molecule has 0 aromatic heterocycles. The molecule has 1 saturated heterocycles. The highest BCUT2D eigenvalue weighted by Crippen LogP contribution is 2.18. The van der Waals surface area contributed by atoms with Gasteiger partial charge in [-0.2, -0.15) is 0 Å². The summed E-state index contributed by atoms with van der Waals surface area (Å²) < 4.78 is 32.7. The molecule has 2 aromatic rings. The van der Waals surface area contributed by atoms with Gasteiger partial charge in [-0.15, -0.1) is 0 Å². The van der Waals surface area contributed by atoms with Crippen LogP contribution in [0.25, 0.3) is 0 Å². The predicted molar refractivity (Wildman–Crippen MR) is 94.5 cm³/mol. The van der Waals surface area contributed by atoms with Gasteiger partial charge < -0.3 is 4.74 Å². The highest BCUT2D eigenvalue weighted by Gasteiger charge is 2.14. The molecule has 0 unspecified atom stereocenters. The lowest BCUT2D eigenvalue weighted by Gasteiger charge is -2.26. The summed E-state index contributed by atoms with van der Waals surface area (Å²) in [5.74, 6) is 0. The first-order valence-corrected chi connectivity index (χ1v) is 9.50. The van der Waals surface area contributed by atoms with Crippen molar-refractivity contribution in [2.24, 2.45) is 0 Å². The average molecular weight is 346 g/mol. The maximum atomic E-state index is 12.4. The van der Waals surface area contributed by atoms with Crippen LogP contribution in [0.1, 0.15) is 11.1 Å². The molecule has 0 saturated carbocycles. The molecule has 0 radical (unpaired) electrons. The number of benzene rings is 2. The average Bonchev–Trinajstić information content (AvgIpc) is 2.58. The number of nitrogens with zero attached hydrogens (tertiary/aromatic N) is 1. The van der Waals surface area contributed by atoms with E-state index in [1.54, 1.807) is 24.3 Å². The van der Waals surface area contributed by atoms with Gasteiger partial charge >= 0.3 is 0 Å². The zero-order valence-electron chi connectivity index (χ0n) is 13.7. The molecule has 1 aliphatic rings. The summed E-state index contributed by atoms with van der Waals surface area (Å²) in [4.78, 5) is 2.60. The van der Waals surface area contributed by atoms with Crippen molar-refractivity contribution in [3.8, 4) is 0 Å². The quantitative estimate of drug-likeness (QED) is 0.904. The van der Waals surface area contributed by atoms with Crippen molar-refractivity contribution in [2.45, 2.75) is 18.4 Å². The van der Waals surface area contributed by atoms with E-state index in [0.717, 1.165) is 44.0 Å². The molecule has 6 heteroatoms. The van der Waals surface area contributed by atoms with E-state index < -0.39 is 10.0 Å². The minimum Gasteiger partial charge on any atom is -0.379 e. The Morgan fingerprint density at radius 3 is 2.25 bits per heavy atom. The summed E-state index contributed by atoms with van der Waals surface area (Å²) in [6.07, 6.45) is 0. The van der Waals surface area contributed by atoms with E-state index in [1.807, 2.05) is 31.2 Å². The van der Waals surface area contributed by atoms with Crippen molar-refractivity contribution < 1.29 is 13.2 Å². The Bertz CT molecular complexity index is 765. The third-order valence-corrected chi connectivity index (χ3v) is 5.44. The van der Waals surface area contributed by atoms with Crippen LogP contribution in [0.2, 0.25) is 0 Å². The summed E-state index contributed by atoms with van der Waals surface area (Å²) in [5, 5.41) is 0. The van der Waals surface area contributed by atoms with Gasteiger partial charge in [-0.1, -0.05) is 29.8 Å². The Hall–Kier alpha value is -1.89. The Balaban J connectivity index is 1.66. The van der Waals surface area contributed by atoms with Crippen molar-refractivity contribution in [1.29, 1.82) is 0 Å². The predicted octanol–water partition coefficient (Wildman–Crippen LogP) is 2.63. The molecule has 2 aromatic carbocycles. The van der Waals surface area contributed by atoms with Crippen LogP contribution in [0.5, 0.6) is 0 Å². The van der Waals surface area contributed by atoms with E-state index in [4.69, 9.17) is 4.74 Å². The number of ether oxygens (including phenoxy) is 1. The summed E-state index contributed by atoms with van der Waals surface area (Å²) in [7, 11) is -3.55. The van der Waals surface area contributed by atoms with Gasteiger partial charge in [0.05, 0.1) is 18.1 Å². The van der Waals surface area contributed by atoms with Crippen LogP contribution in [0.15, 0.2) is 53.4 Å². The van der Waals surface area contributed by atoms with E-state index in [0.29, 0.717) is 5.69 Å². The minimum absolute atomic E-state index is 0.269. The fraction of sp³-hybridized carbons (Fsp3) is 0.333. The van der Waals surface area contributed by atoms with Crippen molar-refractivity contribution in [3.63, 3.8) is 0 Å². The van der Waals surface area contributed by atoms with Gasteiger partial charge in [0, 0.05) is 25.3 Å². The number of rotatable bonds is 5. The van der Waals surface area contributed by atoms with Gasteiger partial charge in [0.2, 0.25) is 0 Å². The molecule has 0 amide bonds. The number of hydrogen-bond donors (Lipinski definition) is 1. The molecule has 1 N–H and O–H groups in total. The third kappa shape index (κ3) is 4.35. The van der Waals surface area contributed by atoms with Crippen LogP contribution in [0, 0.1) is 6.92 Å². The fourth-order valence-corrected chi connectivity index (χ4v) is 3.69. The Kier molecular flexibility index (Phi) is 5.18. The number of morpholine rings is 1. The molecule has 128 valence electrons. The lowest BCUT2D eigenvalue weighted by molar-refractivity contribution is 0.0342. The molecule has 0 spiro atoms. The first kappa shape index (κ1) is 17.0. The van der Waals surface area contributed by atoms with E-state index in [9.17, 15) is 8.42 Å². The fourth-order valence-electron chi connectivity index (χ4n) is 2.63. The van der Waals surface area contributed by atoms with E-state index >= 15 is 0 Å². The Morgan fingerprint density at radius 1 is 1.00 bits per heavy atom. The van der Waals surface area contributed by atoms with Gasteiger partial charge in [0.1, 0.15) is 0 Å². The summed E-state index contributed by atoms with van der Waals surface area (Å²) in [6, 6.07) is 14.4. The van der Waals surface area contributed by atoms with Crippen LogP contribution in [-0.4, -0.2) is 39.6 Å².